The van der Waals surface area contributed by atoms with Gasteiger partial charge < -0.3 is 15.1 Å². The van der Waals surface area contributed by atoms with Gasteiger partial charge in [0.15, 0.2) is 0 Å². The molecule has 2 aromatic carbocycles. The monoisotopic (exact) mass is 471 g/mol. The molecule has 10 heteroatoms. The van der Waals surface area contributed by atoms with Gasteiger partial charge in [-0.1, -0.05) is 12.1 Å². The number of halogens is 3. The number of benzene rings is 2. The highest BCUT2D eigenvalue weighted by atomic mass is 19.4. The number of aryl methyl sites for hydroxylation is 1. The Morgan fingerprint density at radius 3 is 2.82 bits per heavy atom. The van der Waals surface area contributed by atoms with Crippen LogP contribution < -0.4 is 5.32 Å². The van der Waals surface area contributed by atoms with E-state index in [0.717, 1.165) is 27.1 Å². The van der Waals surface area contributed by atoms with Crippen LogP contribution >= 0.6 is 0 Å². The van der Waals surface area contributed by atoms with Crippen molar-refractivity contribution in [3.63, 3.8) is 0 Å². The number of alkyl halides is 3. The molecule has 0 saturated carbocycles. The van der Waals surface area contributed by atoms with E-state index < -0.39 is 18.1 Å². The summed E-state index contributed by atoms with van der Waals surface area (Å²) in [6.07, 6.45) is -1.85. The first-order valence-corrected chi connectivity index (χ1v) is 11.2. The zero-order valence-electron chi connectivity index (χ0n) is 18.6. The highest BCUT2D eigenvalue weighted by Gasteiger charge is 2.46. The lowest BCUT2D eigenvalue weighted by Gasteiger charge is -2.37. The van der Waals surface area contributed by atoms with Crippen LogP contribution in [0, 0.1) is 0 Å². The molecule has 7 nitrogen and oxygen atoms in total. The number of fused-ring (bicyclic) bond motifs is 2. The first-order chi connectivity index (χ1) is 16.2. The van der Waals surface area contributed by atoms with Crippen molar-refractivity contribution in [2.24, 2.45) is 7.05 Å². The second-order valence-electron chi connectivity index (χ2n) is 8.81. The summed E-state index contributed by atoms with van der Waals surface area (Å²) < 4.78 is 42.1. The number of nitrogens with zero attached hydrogens (tertiary/aromatic N) is 4. The molecule has 0 unspecified atom stereocenters. The molecular weight excluding hydrogens is 447 g/mol. The molecule has 2 aliphatic rings. The predicted molar refractivity (Wildman–Crippen MR) is 121 cm³/mol. The van der Waals surface area contributed by atoms with E-state index in [1.54, 1.807) is 23.0 Å². The van der Waals surface area contributed by atoms with Crippen LogP contribution in [-0.4, -0.2) is 56.7 Å². The SMILES string of the molecule is Cn1ncc2cc(Nc3cccc4c3C(=O)N(CC(=O)N3CCCC[C@H]3C(F)(F)F)C4)ccc21. The molecule has 178 valence electrons. The normalized spacial score (nSPS) is 18.5. The Kier molecular flexibility index (Phi) is 5.45. The smallest absolute Gasteiger partial charge is 0.355 e. The van der Waals surface area contributed by atoms with Crippen LogP contribution in [0.2, 0.25) is 0 Å². The lowest BCUT2D eigenvalue weighted by atomic mass is 10.0. The van der Waals surface area contributed by atoms with Gasteiger partial charge in [-0.25, -0.2) is 0 Å². The van der Waals surface area contributed by atoms with E-state index in [9.17, 15) is 22.8 Å². The molecule has 1 saturated heterocycles. The fourth-order valence-corrected chi connectivity index (χ4v) is 4.87. The molecule has 5 rings (SSSR count). The Morgan fingerprint density at radius 2 is 2.03 bits per heavy atom. The molecule has 1 fully saturated rings. The number of hydrogen-bond donors (Lipinski definition) is 1. The Balaban J connectivity index is 1.34. The van der Waals surface area contributed by atoms with Crippen molar-refractivity contribution >= 4 is 34.1 Å². The number of rotatable bonds is 4. The van der Waals surface area contributed by atoms with Crippen LogP contribution in [0.25, 0.3) is 10.9 Å². The van der Waals surface area contributed by atoms with E-state index in [1.807, 2.05) is 31.3 Å². The number of likely N-dealkylation sites (tertiary alicyclic amines) is 1. The Hall–Kier alpha value is -3.56. The molecule has 3 aromatic rings. The van der Waals surface area contributed by atoms with Crippen molar-refractivity contribution in [2.45, 2.75) is 38.0 Å². The van der Waals surface area contributed by atoms with Crippen LogP contribution in [0.5, 0.6) is 0 Å². The van der Waals surface area contributed by atoms with Gasteiger partial charge in [-0.15, -0.1) is 0 Å². The predicted octanol–water partition coefficient (Wildman–Crippen LogP) is 4.22. The van der Waals surface area contributed by atoms with Gasteiger partial charge in [0.2, 0.25) is 5.91 Å². The summed E-state index contributed by atoms with van der Waals surface area (Å²) in [5.41, 5.74) is 3.51. The van der Waals surface area contributed by atoms with E-state index in [4.69, 9.17) is 0 Å². The van der Waals surface area contributed by atoms with Gasteiger partial charge >= 0.3 is 6.18 Å². The maximum absolute atomic E-state index is 13.4. The summed E-state index contributed by atoms with van der Waals surface area (Å²) in [6, 6.07) is 9.34. The van der Waals surface area contributed by atoms with Crippen LogP contribution in [0.4, 0.5) is 24.5 Å². The van der Waals surface area contributed by atoms with Gasteiger partial charge in [0, 0.05) is 31.2 Å². The maximum atomic E-state index is 13.4. The summed E-state index contributed by atoms with van der Waals surface area (Å²) in [5.74, 6) is -1.03. The van der Waals surface area contributed by atoms with E-state index in [0.29, 0.717) is 24.1 Å². The number of carbonyl (C=O) groups is 2. The first-order valence-electron chi connectivity index (χ1n) is 11.2. The number of piperidine rings is 1. The van der Waals surface area contributed by atoms with Gasteiger partial charge in [-0.2, -0.15) is 18.3 Å². The second kappa shape index (κ2) is 8.34. The summed E-state index contributed by atoms with van der Waals surface area (Å²) >= 11 is 0. The third-order valence-electron chi connectivity index (χ3n) is 6.57. The molecule has 0 spiro atoms. The number of aromatic nitrogens is 2. The molecular formula is C24H24F3N5O2. The number of nitrogens with one attached hydrogen (secondary N) is 1. The fraction of sp³-hybridized carbons (Fsp3) is 0.375. The van der Waals surface area contributed by atoms with Crippen molar-refractivity contribution in [2.75, 3.05) is 18.4 Å². The van der Waals surface area contributed by atoms with Crippen LogP contribution in [0.1, 0.15) is 35.2 Å². The lowest BCUT2D eigenvalue weighted by molar-refractivity contribution is -0.196. The van der Waals surface area contributed by atoms with Crippen molar-refractivity contribution in [1.29, 1.82) is 0 Å². The molecule has 0 radical (unpaired) electrons. The third kappa shape index (κ3) is 3.97. The van der Waals surface area contributed by atoms with Crippen molar-refractivity contribution in [3.05, 3.63) is 53.7 Å². The topological polar surface area (TPSA) is 70.5 Å². The Morgan fingerprint density at radius 1 is 1.21 bits per heavy atom. The molecule has 3 heterocycles. The van der Waals surface area contributed by atoms with Crippen LogP contribution in [-0.2, 0) is 18.4 Å². The maximum Gasteiger partial charge on any atom is 0.408 e. The second-order valence-corrected chi connectivity index (χ2v) is 8.81. The first kappa shape index (κ1) is 22.2. The van der Waals surface area contributed by atoms with Crippen LogP contribution in [0.15, 0.2) is 42.6 Å². The minimum Gasteiger partial charge on any atom is -0.355 e. The fourth-order valence-electron chi connectivity index (χ4n) is 4.87. The van der Waals surface area contributed by atoms with Gasteiger partial charge in [-0.3, -0.25) is 14.3 Å². The molecule has 0 bridgehead atoms. The number of anilines is 2. The summed E-state index contributed by atoms with van der Waals surface area (Å²) in [7, 11) is 1.86. The number of carbonyl (C=O) groups excluding carboxylic acids is 2. The van der Waals surface area contributed by atoms with Gasteiger partial charge in [0.25, 0.3) is 5.91 Å². The Labute approximate surface area is 194 Å². The standard InChI is InChI=1S/C24H24F3N5O2/c1-30-19-9-8-17(11-16(19)12-28-30)29-18-6-4-5-15-13-31(23(34)22(15)18)14-21(33)32-10-3-2-7-20(32)24(25,26)27/h4-6,8-9,11-12,20,29H,2-3,7,10,13-14H2,1H3/t20-/m0/s1. The molecule has 1 N–H and O–H groups in total. The van der Waals surface area contributed by atoms with E-state index in [2.05, 4.69) is 10.4 Å². The van der Waals surface area contributed by atoms with Gasteiger partial charge in [0.1, 0.15) is 12.6 Å². The Bertz CT molecular complexity index is 1270. The number of amides is 2. The minimum absolute atomic E-state index is 0.0572. The third-order valence-corrected chi connectivity index (χ3v) is 6.57. The van der Waals surface area contributed by atoms with Crippen molar-refractivity contribution in [1.82, 2.24) is 19.6 Å². The molecule has 0 aliphatic carbocycles. The van der Waals surface area contributed by atoms with Gasteiger partial charge in [0.05, 0.1) is 23.0 Å². The molecule has 2 amide bonds. The van der Waals surface area contributed by atoms with Crippen molar-refractivity contribution < 1.29 is 22.8 Å². The zero-order valence-corrected chi connectivity index (χ0v) is 18.6. The highest BCUT2D eigenvalue weighted by molar-refractivity contribution is 6.05. The van der Waals surface area contributed by atoms with E-state index >= 15 is 0 Å². The highest BCUT2D eigenvalue weighted by Crippen LogP contribution is 2.34. The summed E-state index contributed by atoms with van der Waals surface area (Å²) in [6.45, 7) is -0.135. The molecule has 1 aromatic heterocycles. The van der Waals surface area contributed by atoms with Crippen molar-refractivity contribution in [3.8, 4) is 0 Å². The number of hydrogen-bond acceptors (Lipinski definition) is 4. The summed E-state index contributed by atoms with van der Waals surface area (Å²) in [5, 5.41) is 8.45. The minimum atomic E-state index is -4.47. The largest absolute Gasteiger partial charge is 0.408 e. The lowest BCUT2D eigenvalue weighted by Crippen LogP contribution is -2.53. The molecule has 1 atom stereocenters. The van der Waals surface area contributed by atoms with Gasteiger partial charge in [-0.05, 0) is 49.1 Å². The summed E-state index contributed by atoms with van der Waals surface area (Å²) in [4.78, 5) is 28.2. The average molecular weight is 471 g/mol. The molecule has 34 heavy (non-hydrogen) atoms. The van der Waals surface area contributed by atoms with E-state index in [-0.39, 0.29) is 32.0 Å². The quantitative estimate of drug-likeness (QED) is 0.619. The van der Waals surface area contributed by atoms with E-state index in [1.165, 1.54) is 4.90 Å². The molecule has 2 aliphatic heterocycles. The zero-order chi connectivity index (χ0) is 24.0. The van der Waals surface area contributed by atoms with Crippen LogP contribution in [0.3, 0.4) is 0 Å². The average Bonchev–Trinajstić information content (AvgIpc) is 3.33.